The van der Waals surface area contributed by atoms with Gasteiger partial charge in [0.05, 0.1) is 22.9 Å². The van der Waals surface area contributed by atoms with Gasteiger partial charge in [0.2, 0.25) is 5.78 Å². The molecule has 6 nitrogen and oxygen atoms in total. The number of ether oxygens (including phenoxy) is 1. The van der Waals surface area contributed by atoms with Crippen LogP contribution in [0.15, 0.2) is 23.1 Å². The van der Waals surface area contributed by atoms with Crippen LogP contribution in [0.1, 0.15) is 16.1 Å². The molecule has 0 spiro atoms. The minimum Gasteiger partial charge on any atom is -0.368 e. The summed E-state index contributed by atoms with van der Waals surface area (Å²) >= 11 is 1.40. The van der Waals surface area contributed by atoms with Crippen LogP contribution >= 0.6 is 11.3 Å². The van der Waals surface area contributed by atoms with Gasteiger partial charge in [-0.15, -0.1) is 11.3 Å². The van der Waals surface area contributed by atoms with Crippen molar-refractivity contribution in [3.63, 3.8) is 0 Å². The number of thiophene rings is 1. The van der Waals surface area contributed by atoms with Gasteiger partial charge in [-0.3, -0.25) is 14.3 Å². The average molecular weight is 301 g/mol. The minimum atomic E-state index is -0.225. The van der Waals surface area contributed by atoms with Crippen molar-refractivity contribution in [2.24, 2.45) is 7.05 Å². The second-order valence-electron chi connectivity index (χ2n) is 4.92. The van der Waals surface area contributed by atoms with E-state index >= 15 is 0 Å². The SMILES string of the molecule is Cn1nccc1-c1cc2c3c([nH]c(=O)c2s1)C(=O)COC3. The number of hydrogen-bond donors (Lipinski definition) is 1. The maximum absolute atomic E-state index is 12.2. The van der Waals surface area contributed by atoms with Crippen molar-refractivity contribution in [3.8, 4) is 10.6 Å². The molecule has 1 N–H and O–H groups in total. The quantitative estimate of drug-likeness (QED) is 0.742. The molecular weight excluding hydrogens is 290 g/mol. The van der Waals surface area contributed by atoms with E-state index in [9.17, 15) is 9.59 Å². The summed E-state index contributed by atoms with van der Waals surface area (Å²) < 4.78 is 7.67. The lowest BCUT2D eigenvalue weighted by atomic mass is 10.0. The van der Waals surface area contributed by atoms with Gasteiger partial charge in [-0.25, -0.2) is 0 Å². The Balaban J connectivity index is 2.04. The number of aromatic amines is 1. The number of pyridine rings is 1. The van der Waals surface area contributed by atoms with Crippen molar-refractivity contribution in [3.05, 3.63) is 39.9 Å². The molecule has 7 heteroatoms. The highest BCUT2D eigenvalue weighted by Gasteiger charge is 2.23. The largest absolute Gasteiger partial charge is 0.368 e. The summed E-state index contributed by atoms with van der Waals surface area (Å²) in [7, 11) is 1.85. The van der Waals surface area contributed by atoms with Crippen molar-refractivity contribution >= 4 is 27.2 Å². The molecule has 0 bridgehead atoms. The van der Waals surface area contributed by atoms with Gasteiger partial charge < -0.3 is 9.72 Å². The first-order chi connectivity index (χ1) is 10.1. The molecule has 0 aliphatic carbocycles. The lowest BCUT2D eigenvalue weighted by Crippen LogP contribution is -2.24. The Morgan fingerprint density at radius 3 is 3.00 bits per heavy atom. The predicted molar refractivity (Wildman–Crippen MR) is 78.6 cm³/mol. The van der Waals surface area contributed by atoms with Gasteiger partial charge in [0, 0.05) is 24.2 Å². The molecule has 3 aromatic heterocycles. The van der Waals surface area contributed by atoms with Gasteiger partial charge in [0.15, 0.2) is 0 Å². The van der Waals surface area contributed by atoms with Crippen molar-refractivity contribution in [1.29, 1.82) is 0 Å². The van der Waals surface area contributed by atoms with Crippen LogP contribution in [0.3, 0.4) is 0 Å². The standard InChI is InChI=1S/C14H11N3O3S/c1-17-9(2-3-15-17)11-4-7-8-5-20-6-10(18)12(8)16-14(19)13(7)21-11/h2-4H,5-6H2,1H3,(H,16,19). The van der Waals surface area contributed by atoms with Crippen molar-refractivity contribution in [1.82, 2.24) is 14.8 Å². The van der Waals surface area contributed by atoms with Crippen molar-refractivity contribution in [2.45, 2.75) is 6.61 Å². The zero-order valence-electron chi connectivity index (χ0n) is 11.2. The Kier molecular flexibility index (Phi) is 2.60. The van der Waals surface area contributed by atoms with Crippen LogP contribution < -0.4 is 5.56 Å². The van der Waals surface area contributed by atoms with E-state index in [0.717, 1.165) is 21.5 Å². The molecule has 4 heterocycles. The highest BCUT2D eigenvalue weighted by molar-refractivity contribution is 7.22. The monoisotopic (exact) mass is 301 g/mol. The van der Waals surface area contributed by atoms with E-state index in [0.29, 0.717) is 17.0 Å². The zero-order valence-corrected chi connectivity index (χ0v) is 12.0. The molecule has 0 atom stereocenters. The smallest absolute Gasteiger partial charge is 0.266 e. The van der Waals surface area contributed by atoms with Crippen LogP contribution in [0.2, 0.25) is 0 Å². The Labute approximate surface area is 123 Å². The summed E-state index contributed by atoms with van der Waals surface area (Å²) in [6.07, 6.45) is 1.71. The van der Waals surface area contributed by atoms with E-state index < -0.39 is 0 Å². The number of nitrogens with one attached hydrogen (secondary N) is 1. The van der Waals surface area contributed by atoms with Gasteiger partial charge in [-0.05, 0) is 12.1 Å². The molecular formula is C14H11N3O3S. The third kappa shape index (κ3) is 1.78. The fourth-order valence-corrected chi connectivity index (χ4v) is 3.75. The Hall–Kier alpha value is -2.25. The average Bonchev–Trinajstić information content (AvgIpc) is 3.06. The van der Waals surface area contributed by atoms with E-state index in [1.807, 2.05) is 19.2 Å². The van der Waals surface area contributed by atoms with Crippen molar-refractivity contribution < 1.29 is 9.53 Å². The highest BCUT2D eigenvalue weighted by Crippen LogP contribution is 2.34. The lowest BCUT2D eigenvalue weighted by Gasteiger charge is -2.15. The van der Waals surface area contributed by atoms with Gasteiger partial charge in [-0.1, -0.05) is 0 Å². The first kappa shape index (κ1) is 12.5. The second-order valence-corrected chi connectivity index (χ2v) is 5.97. The number of rotatable bonds is 1. The number of carbonyl (C=O) groups is 1. The Morgan fingerprint density at radius 2 is 2.24 bits per heavy atom. The molecule has 0 unspecified atom stereocenters. The molecule has 1 aliphatic rings. The van der Waals surface area contributed by atoms with Gasteiger partial charge in [0.25, 0.3) is 5.56 Å². The van der Waals surface area contributed by atoms with Crippen LogP contribution in [-0.2, 0) is 18.4 Å². The van der Waals surface area contributed by atoms with Gasteiger partial charge in [-0.2, -0.15) is 5.10 Å². The lowest BCUT2D eigenvalue weighted by molar-refractivity contribution is 0.0660. The minimum absolute atomic E-state index is 0.0210. The predicted octanol–water partition coefficient (Wildman–Crippen LogP) is 1.70. The topological polar surface area (TPSA) is 77.0 Å². The molecule has 106 valence electrons. The number of carbonyl (C=O) groups excluding carboxylic acids is 1. The summed E-state index contributed by atoms with van der Waals surface area (Å²) in [6, 6.07) is 3.83. The zero-order chi connectivity index (χ0) is 14.6. The fraction of sp³-hybridized carbons (Fsp3) is 0.214. The summed E-state index contributed by atoms with van der Waals surface area (Å²) in [4.78, 5) is 27.7. The number of ketones is 1. The fourth-order valence-electron chi connectivity index (χ4n) is 2.61. The van der Waals surface area contributed by atoms with Crippen molar-refractivity contribution in [2.75, 3.05) is 6.61 Å². The summed E-state index contributed by atoms with van der Waals surface area (Å²) in [5.74, 6) is -0.177. The van der Waals surface area contributed by atoms with Crippen LogP contribution in [0, 0.1) is 0 Å². The van der Waals surface area contributed by atoms with E-state index in [-0.39, 0.29) is 17.9 Å². The highest BCUT2D eigenvalue weighted by atomic mass is 32.1. The summed E-state index contributed by atoms with van der Waals surface area (Å²) in [5, 5.41) is 4.94. The van der Waals surface area contributed by atoms with E-state index in [1.165, 1.54) is 11.3 Å². The summed E-state index contributed by atoms with van der Waals surface area (Å²) in [6.45, 7) is 0.364. The van der Waals surface area contributed by atoms with Crippen LogP contribution in [-0.4, -0.2) is 27.2 Å². The molecule has 0 aromatic carbocycles. The third-order valence-electron chi connectivity index (χ3n) is 3.64. The van der Waals surface area contributed by atoms with Crippen LogP contribution in [0.5, 0.6) is 0 Å². The van der Waals surface area contributed by atoms with Gasteiger partial charge >= 0.3 is 0 Å². The number of Topliss-reactive ketones (excluding diaryl/α,β-unsaturated/α-hetero) is 1. The molecule has 3 aromatic rings. The first-order valence-corrected chi connectivity index (χ1v) is 7.25. The molecule has 4 rings (SSSR count). The molecule has 1 aliphatic heterocycles. The number of nitrogens with zero attached hydrogens (tertiary/aromatic N) is 2. The molecule has 0 amide bonds. The third-order valence-corrected chi connectivity index (χ3v) is 4.79. The molecule has 0 radical (unpaired) electrons. The molecule has 21 heavy (non-hydrogen) atoms. The normalized spacial score (nSPS) is 14.6. The number of aromatic nitrogens is 3. The summed E-state index contributed by atoms with van der Waals surface area (Å²) in [5.41, 5.74) is 1.86. The first-order valence-electron chi connectivity index (χ1n) is 6.43. The Bertz CT molecular complexity index is 935. The van der Waals surface area contributed by atoms with E-state index in [4.69, 9.17) is 4.74 Å². The molecule has 0 saturated carbocycles. The number of hydrogen-bond acceptors (Lipinski definition) is 5. The maximum atomic E-state index is 12.2. The van der Waals surface area contributed by atoms with E-state index in [1.54, 1.807) is 10.9 Å². The van der Waals surface area contributed by atoms with E-state index in [2.05, 4.69) is 10.1 Å². The Morgan fingerprint density at radius 1 is 1.38 bits per heavy atom. The van der Waals surface area contributed by atoms with Crippen LogP contribution in [0.4, 0.5) is 0 Å². The van der Waals surface area contributed by atoms with Crippen LogP contribution in [0.25, 0.3) is 20.7 Å². The number of aryl methyl sites for hydroxylation is 1. The number of H-pyrrole nitrogens is 1. The number of fused-ring (bicyclic) bond motifs is 3. The maximum Gasteiger partial charge on any atom is 0.266 e. The molecule has 0 fully saturated rings. The second kappa shape index (κ2) is 4.37. The molecule has 0 saturated heterocycles. The van der Waals surface area contributed by atoms with Gasteiger partial charge in [0.1, 0.15) is 11.3 Å².